The van der Waals surface area contributed by atoms with Crippen LogP contribution in [0.2, 0.25) is 0 Å². The van der Waals surface area contributed by atoms with Crippen LogP contribution in [0.15, 0.2) is 67.0 Å². The van der Waals surface area contributed by atoms with Gasteiger partial charge in [0, 0.05) is 35.9 Å². The maximum absolute atomic E-state index is 5.37. The Balaban J connectivity index is 1.74. The molecule has 4 aromatic rings. The van der Waals surface area contributed by atoms with Gasteiger partial charge in [0.05, 0.1) is 18.5 Å². The van der Waals surface area contributed by atoms with Crippen molar-refractivity contribution in [3.05, 3.63) is 67.0 Å². The second kappa shape index (κ2) is 6.28. The minimum absolute atomic E-state index is 0.537. The van der Waals surface area contributed by atoms with E-state index >= 15 is 0 Å². The zero-order chi connectivity index (χ0) is 17.2. The molecule has 0 aliphatic carbocycles. The van der Waals surface area contributed by atoms with E-state index < -0.39 is 0 Å². The first-order valence-corrected chi connectivity index (χ1v) is 8.04. The summed E-state index contributed by atoms with van der Waals surface area (Å²) in [4.78, 5) is 9.02. The van der Waals surface area contributed by atoms with Crippen molar-refractivity contribution in [1.82, 2.24) is 14.5 Å². The lowest BCUT2D eigenvalue weighted by atomic mass is 10.1. The monoisotopic (exact) mass is 330 g/mol. The summed E-state index contributed by atoms with van der Waals surface area (Å²) in [7, 11) is 3.69. The van der Waals surface area contributed by atoms with E-state index in [0.29, 0.717) is 5.95 Å². The van der Waals surface area contributed by atoms with Crippen molar-refractivity contribution < 1.29 is 4.74 Å². The highest BCUT2D eigenvalue weighted by Gasteiger charge is 2.11. The smallest absolute Gasteiger partial charge is 0.227 e. The minimum atomic E-state index is 0.537. The van der Waals surface area contributed by atoms with Crippen molar-refractivity contribution in [3.8, 4) is 17.0 Å². The van der Waals surface area contributed by atoms with Crippen molar-refractivity contribution in [1.29, 1.82) is 0 Å². The molecule has 1 N–H and O–H groups in total. The number of nitrogens with zero attached hydrogens (tertiary/aromatic N) is 3. The van der Waals surface area contributed by atoms with Crippen LogP contribution in [0.4, 0.5) is 11.6 Å². The van der Waals surface area contributed by atoms with Gasteiger partial charge in [-0.15, -0.1) is 0 Å². The molecule has 0 saturated heterocycles. The number of ether oxygens (including phenoxy) is 1. The zero-order valence-corrected chi connectivity index (χ0v) is 14.1. The summed E-state index contributed by atoms with van der Waals surface area (Å²) in [5.74, 6) is 1.29. The van der Waals surface area contributed by atoms with Crippen LogP contribution in [0, 0.1) is 0 Å². The molecule has 0 atom stereocenters. The van der Waals surface area contributed by atoms with Crippen LogP contribution in [0.1, 0.15) is 0 Å². The van der Waals surface area contributed by atoms with Crippen molar-refractivity contribution >= 4 is 22.5 Å². The summed E-state index contributed by atoms with van der Waals surface area (Å²) in [5.41, 5.74) is 3.98. The van der Waals surface area contributed by atoms with Gasteiger partial charge in [-0.3, -0.25) is 0 Å². The first-order chi connectivity index (χ1) is 12.3. The van der Waals surface area contributed by atoms with E-state index in [2.05, 4.69) is 38.2 Å². The van der Waals surface area contributed by atoms with Crippen LogP contribution in [-0.4, -0.2) is 21.6 Å². The molecular weight excluding hydrogens is 312 g/mol. The van der Waals surface area contributed by atoms with Gasteiger partial charge >= 0.3 is 0 Å². The molecule has 0 unspecified atom stereocenters. The number of aromatic nitrogens is 3. The average molecular weight is 330 g/mol. The Morgan fingerprint density at radius 2 is 1.80 bits per heavy atom. The molecule has 2 aromatic carbocycles. The summed E-state index contributed by atoms with van der Waals surface area (Å²) < 4.78 is 7.48. The molecule has 0 aliphatic rings. The Labute approximate surface area is 145 Å². The topological polar surface area (TPSA) is 52.0 Å². The molecular formula is C20H18N4O. The van der Waals surface area contributed by atoms with Crippen LogP contribution in [-0.2, 0) is 7.05 Å². The maximum Gasteiger partial charge on any atom is 0.227 e. The molecule has 2 aromatic heterocycles. The molecule has 0 amide bonds. The fourth-order valence-electron chi connectivity index (χ4n) is 2.98. The third-order valence-electron chi connectivity index (χ3n) is 4.18. The molecule has 2 heterocycles. The van der Waals surface area contributed by atoms with E-state index in [1.54, 1.807) is 13.3 Å². The molecule has 4 rings (SSSR count). The lowest BCUT2D eigenvalue weighted by molar-refractivity contribution is 0.417. The van der Waals surface area contributed by atoms with Gasteiger partial charge in [-0.2, -0.15) is 0 Å². The van der Waals surface area contributed by atoms with Gasteiger partial charge in [0.15, 0.2) is 0 Å². The van der Waals surface area contributed by atoms with Crippen molar-refractivity contribution in [2.75, 3.05) is 12.4 Å². The van der Waals surface area contributed by atoms with E-state index in [9.17, 15) is 0 Å². The first kappa shape index (κ1) is 15.2. The van der Waals surface area contributed by atoms with E-state index in [-0.39, 0.29) is 0 Å². The van der Waals surface area contributed by atoms with E-state index in [1.807, 2.05) is 49.5 Å². The highest BCUT2D eigenvalue weighted by Crippen LogP contribution is 2.30. The number of para-hydroxylation sites is 3. The fraction of sp³-hybridized carbons (Fsp3) is 0.100. The number of nitrogens with one attached hydrogen (secondary N) is 1. The molecule has 0 aliphatic heterocycles. The largest absolute Gasteiger partial charge is 0.495 e. The highest BCUT2D eigenvalue weighted by molar-refractivity contribution is 5.95. The summed E-state index contributed by atoms with van der Waals surface area (Å²) in [6.07, 6.45) is 3.86. The van der Waals surface area contributed by atoms with Gasteiger partial charge in [0.2, 0.25) is 5.95 Å². The number of rotatable bonds is 4. The SMILES string of the molecule is COc1ccccc1Nc1nccc(-c2cn(C)c3ccccc23)n1. The van der Waals surface area contributed by atoms with Crippen molar-refractivity contribution in [2.24, 2.45) is 7.05 Å². The number of methoxy groups -OCH3 is 1. The predicted octanol–water partition coefficient (Wildman–Crippen LogP) is 4.39. The summed E-state index contributed by atoms with van der Waals surface area (Å²) in [6, 6.07) is 17.9. The number of hydrogen-bond acceptors (Lipinski definition) is 4. The second-order valence-electron chi connectivity index (χ2n) is 5.76. The third-order valence-corrected chi connectivity index (χ3v) is 4.18. The van der Waals surface area contributed by atoms with Crippen LogP contribution >= 0.6 is 0 Å². The van der Waals surface area contributed by atoms with Crippen molar-refractivity contribution in [3.63, 3.8) is 0 Å². The lowest BCUT2D eigenvalue weighted by Crippen LogP contribution is -1.99. The minimum Gasteiger partial charge on any atom is -0.495 e. The number of hydrogen-bond donors (Lipinski definition) is 1. The lowest BCUT2D eigenvalue weighted by Gasteiger charge is -2.10. The normalized spacial score (nSPS) is 10.8. The quantitative estimate of drug-likeness (QED) is 0.603. The molecule has 0 saturated carbocycles. The molecule has 5 heteroatoms. The zero-order valence-electron chi connectivity index (χ0n) is 14.1. The second-order valence-corrected chi connectivity index (χ2v) is 5.76. The Bertz CT molecular complexity index is 1040. The number of aryl methyl sites for hydroxylation is 1. The van der Waals surface area contributed by atoms with Gasteiger partial charge in [-0.1, -0.05) is 30.3 Å². The van der Waals surface area contributed by atoms with Gasteiger partial charge in [-0.05, 0) is 24.3 Å². The van der Waals surface area contributed by atoms with Gasteiger partial charge in [0.1, 0.15) is 5.75 Å². The van der Waals surface area contributed by atoms with Gasteiger partial charge < -0.3 is 14.6 Å². The Morgan fingerprint density at radius 1 is 1.00 bits per heavy atom. The van der Waals surface area contributed by atoms with E-state index in [4.69, 9.17) is 4.74 Å². The molecule has 0 spiro atoms. The number of anilines is 2. The Morgan fingerprint density at radius 3 is 2.68 bits per heavy atom. The van der Waals surface area contributed by atoms with Crippen LogP contribution < -0.4 is 10.1 Å². The standard InChI is InChI=1S/C20H18N4O/c1-24-13-15(14-7-3-5-9-18(14)24)16-11-12-21-20(22-16)23-17-8-4-6-10-19(17)25-2/h3-13H,1-2H3,(H,21,22,23). The molecule has 5 nitrogen and oxygen atoms in total. The molecule has 0 radical (unpaired) electrons. The molecule has 0 fully saturated rings. The van der Waals surface area contributed by atoms with Crippen LogP contribution in [0.3, 0.4) is 0 Å². The van der Waals surface area contributed by atoms with E-state index in [0.717, 1.165) is 22.7 Å². The summed E-state index contributed by atoms with van der Waals surface area (Å²) >= 11 is 0. The fourth-order valence-corrected chi connectivity index (χ4v) is 2.98. The van der Waals surface area contributed by atoms with Crippen molar-refractivity contribution in [2.45, 2.75) is 0 Å². The van der Waals surface area contributed by atoms with Crippen LogP contribution in [0.5, 0.6) is 5.75 Å². The molecule has 25 heavy (non-hydrogen) atoms. The Hall–Kier alpha value is -3.34. The summed E-state index contributed by atoms with van der Waals surface area (Å²) in [6.45, 7) is 0. The first-order valence-electron chi connectivity index (χ1n) is 8.04. The summed E-state index contributed by atoms with van der Waals surface area (Å²) in [5, 5.41) is 4.41. The Kier molecular flexibility index (Phi) is 3.82. The third kappa shape index (κ3) is 2.80. The number of fused-ring (bicyclic) bond motifs is 1. The molecule has 0 bridgehead atoms. The maximum atomic E-state index is 5.37. The number of benzene rings is 2. The predicted molar refractivity (Wildman–Crippen MR) is 100 cm³/mol. The average Bonchev–Trinajstić information content (AvgIpc) is 3.00. The molecule has 124 valence electrons. The van der Waals surface area contributed by atoms with Gasteiger partial charge in [-0.25, -0.2) is 9.97 Å². The van der Waals surface area contributed by atoms with E-state index in [1.165, 1.54) is 10.9 Å². The van der Waals surface area contributed by atoms with Gasteiger partial charge in [0.25, 0.3) is 0 Å². The van der Waals surface area contributed by atoms with Crippen LogP contribution in [0.25, 0.3) is 22.2 Å². The highest BCUT2D eigenvalue weighted by atomic mass is 16.5.